The summed E-state index contributed by atoms with van der Waals surface area (Å²) >= 11 is 0. The maximum Gasteiger partial charge on any atom is 0.141 e. The molecule has 3 nitrogen and oxygen atoms in total. The predicted octanol–water partition coefficient (Wildman–Crippen LogP) is 5.02. The maximum absolute atomic E-state index is 4.39. The lowest BCUT2D eigenvalue weighted by Crippen LogP contribution is -2.03. The van der Waals surface area contributed by atoms with Gasteiger partial charge in [-0.3, -0.25) is 0 Å². The molecule has 0 saturated carbocycles. The Labute approximate surface area is 133 Å². The average molecular weight is 295 g/mol. The van der Waals surface area contributed by atoms with Crippen molar-refractivity contribution in [2.24, 2.45) is 0 Å². The number of hydrogen-bond donors (Lipinski definition) is 1. The molecule has 1 aliphatic rings. The van der Waals surface area contributed by atoms with E-state index in [4.69, 9.17) is 0 Å². The van der Waals surface area contributed by atoms with Gasteiger partial charge in [0.15, 0.2) is 0 Å². The van der Waals surface area contributed by atoms with Crippen LogP contribution in [0.4, 0.5) is 11.5 Å². The molecule has 108 valence electrons. The number of rotatable bonds is 1. The quantitative estimate of drug-likeness (QED) is 0.472. The molecule has 1 N–H and O–H groups in total. The summed E-state index contributed by atoms with van der Waals surface area (Å²) in [6, 6.07) is 21.3. The van der Waals surface area contributed by atoms with E-state index in [2.05, 4.69) is 69.9 Å². The van der Waals surface area contributed by atoms with Gasteiger partial charge in [-0.2, -0.15) is 0 Å². The Morgan fingerprint density at radius 3 is 2.61 bits per heavy atom. The van der Waals surface area contributed by atoms with E-state index in [9.17, 15) is 0 Å². The van der Waals surface area contributed by atoms with Crippen LogP contribution < -0.4 is 5.32 Å². The summed E-state index contributed by atoms with van der Waals surface area (Å²) in [7, 11) is 0. The lowest BCUT2D eigenvalue weighted by Gasteiger charge is -2.21. The standard InChI is InChI=1S/C20H13N3/c1-2-5-13(6-3-1)15-9-14-7-4-8-18-19(14)16(10-15)17-11-21-12-22-20(17)23-18/h1-12H,(H,21,22,23). The first-order chi connectivity index (χ1) is 11.4. The largest absolute Gasteiger partial charge is 0.339 e. The average Bonchev–Trinajstić information content (AvgIpc) is 2.62. The van der Waals surface area contributed by atoms with E-state index >= 15 is 0 Å². The number of nitrogens with one attached hydrogen (secondary N) is 1. The van der Waals surface area contributed by atoms with Gasteiger partial charge in [0.2, 0.25) is 0 Å². The summed E-state index contributed by atoms with van der Waals surface area (Å²) in [5.41, 5.74) is 5.76. The lowest BCUT2D eigenvalue weighted by atomic mass is 9.91. The van der Waals surface area contributed by atoms with Crippen LogP contribution in [0, 0.1) is 0 Å². The Kier molecular flexibility index (Phi) is 2.50. The van der Waals surface area contributed by atoms with Crippen LogP contribution in [0.15, 0.2) is 73.2 Å². The van der Waals surface area contributed by atoms with Crippen LogP contribution in [0.3, 0.4) is 0 Å². The van der Waals surface area contributed by atoms with Gasteiger partial charge in [0.05, 0.1) is 0 Å². The summed E-state index contributed by atoms with van der Waals surface area (Å²) in [6.07, 6.45) is 3.47. The Morgan fingerprint density at radius 2 is 1.70 bits per heavy atom. The number of anilines is 2. The number of hydrogen-bond acceptors (Lipinski definition) is 3. The van der Waals surface area contributed by atoms with E-state index in [1.165, 1.54) is 27.5 Å². The van der Waals surface area contributed by atoms with Gasteiger partial charge in [0, 0.05) is 22.8 Å². The van der Waals surface area contributed by atoms with Crippen LogP contribution in [0.25, 0.3) is 33.0 Å². The highest BCUT2D eigenvalue weighted by Gasteiger charge is 2.19. The molecule has 3 aromatic carbocycles. The minimum Gasteiger partial charge on any atom is -0.339 e. The minimum absolute atomic E-state index is 0.866. The van der Waals surface area contributed by atoms with Crippen molar-refractivity contribution in [2.45, 2.75) is 0 Å². The van der Waals surface area contributed by atoms with Crippen molar-refractivity contribution in [3.63, 3.8) is 0 Å². The summed E-state index contributed by atoms with van der Waals surface area (Å²) in [6.45, 7) is 0. The van der Waals surface area contributed by atoms with Gasteiger partial charge < -0.3 is 5.32 Å². The van der Waals surface area contributed by atoms with E-state index in [-0.39, 0.29) is 0 Å². The zero-order chi connectivity index (χ0) is 15.2. The molecule has 0 atom stereocenters. The third kappa shape index (κ3) is 1.83. The maximum atomic E-state index is 4.39. The summed E-state index contributed by atoms with van der Waals surface area (Å²) < 4.78 is 0. The summed E-state index contributed by atoms with van der Waals surface area (Å²) in [5, 5.41) is 5.87. The second-order valence-corrected chi connectivity index (χ2v) is 5.70. The monoisotopic (exact) mass is 295 g/mol. The van der Waals surface area contributed by atoms with E-state index in [0.717, 1.165) is 17.1 Å². The number of benzene rings is 3. The van der Waals surface area contributed by atoms with E-state index in [1.54, 1.807) is 6.33 Å². The molecule has 1 aliphatic heterocycles. The van der Waals surface area contributed by atoms with Crippen LogP contribution >= 0.6 is 0 Å². The SMILES string of the molecule is c1ccc(-c2cc3c4c(cccc4c2)Nc2ncncc2-3)cc1. The zero-order valence-electron chi connectivity index (χ0n) is 12.3. The topological polar surface area (TPSA) is 37.8 Å². The molecule has 23 heavy (non-hydrogen) atoms. The van der Waals surface area contributed by atoms with Crippen LogP contribution in [0.1, 0.15) is 0 Å². The summed E-state index contributed by atoms with van der Waals surface area (Å²) in [5.74, 6) is 0.866. The third-order valence-electron chi connectivity index (χ3n) is 4.34. The van der Waals surface area contributed by atoms with Gasteiger partial charge >= 0.3 is 0 Å². The first kappa shape index (κ1) is 12.4. The van der Waals surface area contributed by atoms with Crippen molar-refractivity contribution in [3.05, 3.63) is 73.2 Å². The van der Waals surface area contributed by atoms with Crippen LogP contribution in [0.2, 0.25) is 0 Å². The lowest BCUT2D eigenvalue weighted by molar-refractivity contribution is 1.17. The molecule has 0 bridgehead atoms. The van der Waals surface area contributed by atoms with Gasteiger partial charge in [-0.15, -0.1) is 0 Å². The molecule has 5 rings (SSSR count). The second kappa shape index (κ2) is 4.65. The fraction of sp³-hybridized carbons (Fsp3) is 0. The van der Waals surface area contributed by atoms with Gasteiger partial charge in [-0.1, -0.05) is 42.5 Å². The van der Waals surface area contributed by atoms with Crippen LogP contribution in [0.5, 0.6) is 0 Å². The van der Waals surface area contributed by atoms with Crippen molar-refractivity contribution >= 4 is 22.3 Å². The number of nitrogens with zero attached hydrogens (tertiary/aromatic N) is 2. The predicted molar refractivity (Wildman–Crippen MR) is 93.7 cm³/mol. The summed E-state index contributed by atoms with van der Waals surface area (Å²) in [4.78, 5) is 8.59. The van der Waals surface area contributed by atoms with Crippen molar-refractivity contribution in [3.8, 4) is 22.3 Å². The van der Waals surface area contributed by atoms with Crippen molar-refractivity contribution in [2.75, 3.05) is 5.32 Å². The smallest absolute Gasteiger partial charge is 0.141 e. The van der Waals surface area contributed by atoms with Crippen molar-refractivity contribution < 1.29 is 0 Å². The molecule has 0 aliphatic carbocycles. The van der Waals surface area contributed by atoms with Crippen LogP contribution in [-0.2, 0) is 0 Å². The number of aromatic nitrogens is 2. The van der Waals surface area contributed by atoms with Crippen molar-refractivity contribution in [1.82, 2.24) is 9.97 Å². The highest BCUT2D eigenvalue weighted by atomic mass is 15.0. The third-order valence-corrected chi connectivity index (χ3v) is 4.34. The molecule has 0 spiro atoms. The van der Waals surface area contributed by atoms with E-state index < -0.39 is 0 Å². The van der Waals surface area contributed by atoms with Crippen molar-refractivity contribution in [1.29, 1.82) is 0 Å². The molecule has 4 aromatic rings. The highest BCUT2D eigenvalue weighted by Crippen LogP contribution is 2.44. The molecule has 0 fully saturated rings. The van der Waals surface area contributed by atoms with Gasteiger partial charge in [0.1, 0.15) is 12.1 Å². The first-order valence-corrected chi connectivity index (χ1v) is 7.60. The molecule has 1 aromatic heterocycles. The zero-order valence-corrected chi connectivity index (χ0v) is 12.3. The first-order valence-electron chi connectivity index (χ1n) is 7.60. The Morgan fingerprint density at radius 1 is 0.783 bits per heavy atom. The Balaban J connectivity index is 1.89. The fourth-order valence-electron chi connectivity index (χ4n) is 3.30. The number of fused-ring (bicyclic) bond motifs is 2. The van der Waals surface area contributed by atoms with Gasteiger partial charge in [0.25, 0.3) is 0 Å². The Bertz CT molecular complexity index is 1040. The van der Waals surface area contributed by atoms with Crippen LogP contribution in [-0.4, -0.2) is 9.97 Å². The molecule has 2 heterocycles. The fourth-order valence-corrected chi connectivity index (χ4v) is 3.30. The van der Waals surface area contributed by atoms with E-state index in [1.807, 2.05) is 12.3 Å². The molecular formula is C20H13N3. The molecule has 0 unspecified atom stereocenters. The molecular weight excluding hydrogens is 282 g/mol. The molecule has 0 amide bonds. The normalized spacial score (nSPS) is 11.8. The second-order valence-electron chi connectivity index (χ2n) is 5.70. The Hall–Kier alpha value is -3.20. The molecule has 3 heteroatoms. The highest BCUT2D eigenvalue weighted by molar-refractivity contribution is 6.12. The van der Waals surface area contributed by atoms with E-state index in [0.29, 0.717) is 0 Å². The minimum atomic E-state index is 0.866. The molecule has 0 radical (unpaired) electrons. The van der Waals surface area contributed by atoms with Gasteiger partial charge in [-0.25, -0.2) is 9.97 Å². The molecule has 0 saturated heterocycles. The van der Waals surface area contributed by atoms with Gasteiger partial charge in [-0.05, 0) is 40.3 Å².